The van der Waals surface area contributed by atoms with E-state index in [4.69, 9.17) is 23.2 Å². The molecule has 0 fully saturated rings. The van der Waals surface area contributed by atoms with Gasteiger partial charge in [0.05, 0.1) is 10.6 Å². The lowest BCUT2D eigenvalue weighted by Gasteiger charge is -2.06. The highest BCUT2D eigenvalue weighted by atomic mass is 35.5. The SMILES string of the molecule is CCCC/C(CC)=N/NC(=O)c1ccc(Cl)cc1Cl. The maximum Gasteiger partial charge on any atom is 0.272 e. The molecule has 0 aliphatic carbocycles. The zero-order valence-corrected chi connectivity index (χ0v) is 12.7. The van der Waals surface area contributed by atoms with E-state index in [1.165, 1.54) is 0 Å². The van der Waals surface area contributed by atoms with Crippen molar-refractivity contribution in [3.05, 3.63) is 33.8 Å². The Kier molecular flexibility index (Phi) is 6.89. The number of hydrazone groups is 1. The molecule has 0 saturated carbocycles. The first kappa shape index (κ1) is 16.0. The predicted molar refractivity (Wildman–Crippen MR) is 81.2 cm³/mol. The van der Waals surface area contributed by atoms with E-state index in [0.717, 1.165) is 31.4 Å². The molecule has 1 rings (SSSR count). The first-order valence-corrected chi connectivity index (χ1v) is 7.14. The highest BCUT2D eigenvalue weighted by molar-refractivity contribution is 6.36. The van der Waals surface area contributed by atoms with Gasteiger partial charge in [0.15, 0.2) is 0 Å². The molecule has 0 saturated heterocycles. The number of benzene rings is 1. The Morgan fingerprint density at radius 1 is 1.32 bits per heavy atom. The Bertz CT molecular complexity index is 473. The molecule has 0 aliphatic rings. The number of hydrogen-bond donors (Lipinski definition) is 1. The molecule has 19 heavy (non-hydrogen) atoms. The maximum atomic E-state index is 11.9. The molecule has 0 heterocycles. The van der Waals surface area contributed by atoms with Crippen LogP contribution in [0.3, 0.4) is 0 Å². The third-order valence-corrected chi connectivity index (χ3v) is 3.27. The summed E-state index contributed by atoms with van der Waals surface area (Å²) in [6.07, 6.45) is 3.91. The van der Waals surface area contributed by atoms with Gasteiger partial charge in [-0.2, -0.15) is 5.10 Å². The van der Waals surface area contributed by atoms with Gasteiger partial charge in [-0.05, 0) is 37.5 Å². The fourth-order valence-electron chi connectivity index (χ4n) is 1.56. The van der Waals surface area contributed by atoms with Gasteiger partial charge in [-0.3, -0.25) is 4.79 Å². The van der Waals surface area contributed by atoms with Crippen LogP contribution >= 0.6 is 23.2 Å². The van der Waals surface area contributed by atoms with Crippen LogP contribution in [0.4, 0.5) is 0 Å². The molecule has 1 N–H and O–H groups in total. The number of carbonyl (C=O) groups is 1. The summed E-state index contributed by atoms with van der Waals surface area (Å²) in [7, 11) is 0. The summed E-state index contributed by atoms with van der Waals surface area (Å²) in [4.78, 5) is 11.9. The third kappa shape index (κ3) is 5.21. The molecular weight excluding hydrogens is 283 g/mol. The summed E-state index contributed by atoms with van der Waals surface area (Å²) in [5.41, 5.74) is 3.90. The van der Waals surface area contributed by atoms with Gasteiger partial charge in [-0.15, -0.1) is 0 Å². The van der Waals surface area contributed by atoms with Crippen LogP contribution in [0.25, 0.3) is 0 Å². The van der Waals surface area contributed by atoms with Crippen molar-refractivity contribution in [3.63, 3.8) is 0 Å². The second-order valence-corrected chi connectivity index (χ2v) is 5.04. The Morgan fingerprint density at radius 3 is 2.63 bits per heavy atom. The lowest BCUT2D eigenvalue weighted by molar-refractivity contribution is 0.0955. The summed E-state index contributed by atoms with van der Waals surface area (Å²) in [6, 6.07) is 4.76. The second-order valence-electron chi connectivity index (χ2n) is 4.20. The predicted octanol–water partition coefficient (Wildman–Crippen LogP) is 4.68. The maximum absolute atomic E-state index is 11.9. The fourth-order valence-corrected chi connectivity index (χ4v) is 2.05. The monoisotopic (exact) mass is 300 g/mol. The lowest BCUT2D eigenvalue weighted by atomic mass is 10.1. The number of nitrogens with zero attached hydrogens (tertiary/aromatic N) is 1. The minimum atomic E-state index is -0.316. The summed E-state index contributed by atoms with van der Waals surface area (Å²) < 4.78 is 0. The molecular formula is C14H18Cl2N2O. The van der Waals surface area contributed by atoms with Gasteiger partial charge in [-0.25, -0.2) is 5.43 Å². The van der Waals surface area contributed by atoms with Gasteiger partial charge in [-0.1, -0.05) is 43.5 Å². The van der Waals surface area contributed by atoms with Crippen LogP contribution in [-0.4, -0.2) is 11.6 Å². The standard InChI is InChI=1S/C14H18Cl2N2O/c1-3-5-6-11(4-2)17-18-14(19)12-8-7-10(15)9-13(12)16/h7-9H,3-6H2,1-2H3,(H,18,19)/b17-11+. The lowest BCUT2D eigenvalue weighted by Crippen LogP contribution is -2.20. The molecule has 104 valence electrons. The van der Waals surface area contributed by atoms with Crippen molar-refractivity contribution in [3.8, 4) is 0 Å². The fraction of sp³-hybridized carbons (Fsp3) is 0.429. The average molecular weight is 301 g/mol. The zero-order chi connectivity index (χ0) is 14.3. The quantitative estimate of drug-likeness (QED) is 0.601. The highest BCUT2D eigenvalue weighted by Crippen LogP contribution is 2.20. The highest BCUT2D eigenvalue weighted by Gasteiger charge is 2.10. The summed E-state index contributed by atoms with van der Waals surface area (Å²) >= 11 is 11.7. The Labute approximate surface area is 124 Å². The van der Waals surface area contributed by atoms with Gasteiger partial charge in [0, 0.05) is 10.7 Å². The number of hydrogen-bond acceptors (Lipinski definition) is 2. The topological polar surface area (TPSA) is 41.5 Å². The number of halogens is 2. The molecule has 0 unspecified atom stereocenters. The molecule has 0 aromatic heterocycles. The van der Waals surface area contributed by atoms with E-state index in [9.17, 15) is 4.79 Å². The number of amides is 1. The molecule has 0 aliphatic heterocycles. The average Bonchev–Trinajstić information content (AvgIpc) is 2.38. The molecule has 0 radical (unpaired) electrons. The summed E-state index contributed by atoms with van der Waals surface area (Å²) in [6.45, 7) is 4.15. The molecule has 1 amide bonds. The number of unbranched alkanes of at least 4 members (excludes halogenated alkanes) is 1. The first-order valence-electron chi connectivity index (χ1n) is 6.39. The Morgan fingerprint density at radius 2 is 2.05 bits per heavy atom. The third-order valence-electron chi connectivity index (χ3n) is 2.72. The van der Waals surface area contributed by atoms with Gasteiger partial charge in [0.1, 0.15) is 0 Å². The van der Waals surface area contributed by atoms with E-state index in [0.29, 0.717) is 15.6 Å². The first-order chi connectivity index (χ1) is 9.08. The van der Waals surface area contributed by atoms with E-state index < -0.39 is 0 Å². The van der Waals surface area contributed by atoms with Crippen LogP contribution in [0.15, 0.2) is 23.3 Å². The number of carbonyl (C=O) groups excluding carboxylic acids is 1. The molecule has 0 bridgehead atoms. The van der Waals surface area contributed by atoms with Crippen LogP contribution in [0.2, 0.25) is 10.0 Å². The summed E-state index contributed by atoms with van der Waals surface area (Å²) in [5, 5.41) is 4.97. The molecule has 0 atom stereocenters. The van der Waals surface area contributed by atoms with Crippen molar-refractivity contribution in [2.75, 3.05) is 0 Å². The normalized spacial score (nSPS) is 11.5. The zero-order valence-electron chi connectivity index (χ0n) is 11.2. The van der Waals surface area contributed by atoms with E-state index in [1.807, 2.05) is 6.92 Å². The molecule has 0 spiro atoms. The number of rotatable bonds is 6. The Hall–Kier alpha value is -1.06. The van der Waals surface area contributed by atoms with E-state index in [2.05, 4.69) is 17.5 Å². The smallest absolute Gasteiger partial charge is 0.267 e. The van der Waals surface area contributed by atoms with Crippen LogP contribution in [-0.2, 0) is 0 Å². The molecule has 5 heteroatoms. The van der Waals surface area contributed by atoms with Crippen LogP contribution < -0.4 is 5.43 Å². The van der Waals surface area contributed by atoms with E-state index >= 15 is 0 Å². The van der Waals surface area contributed by atoms with Crippen molar-refractivity contribution < 1.29 is 4.79 Å². The van der Waals surface area contributed by atoms with Crippen molar-refractivity contribution in [2.24, 2.45) is 5.10 Å². The second kappa shape index (κ2) is 8.18. The van der Waals surface area contributed by atoms with Gasteiger partial charge in [0.25, 0.3) is 5.91 Å². The van der Waals surface area contributed by atoms with Gasteiger partial charge in [0.2, 0.25) is 0 Å². The molecule has 3 nitrogen and oxygen atoms in total. The number of nitrogens with one attached hydrogen (secondary N) is 1. The van der Waals surface area contributed by atoms with Gasteiger partial charge < -0.3 is 0 Å². The van der Waals surface area contributed by atoms with E-state index in [1.54, 1.807) is 18.2 Å². The van der Waals surface area contributed by atoms with Crippen LogP contribution in [0.5, 0.6) is 0 Å². The largest absolute Gasteiger partial charge is 0.272 e. The van der Waals surface area contributed by atoms with Gasteiger partial charge >= 0.3 is 0 Å². The molecule has 1 aromatic carbocycles. The van der Waals surface area contributed by atoms with Crippen molar-refractivity contribution in [1.82, 2.24) is 5.43 Å². The Balaban J connectivity index is 2.70. The minimum absolute atomic E-state index is 0.316. The van der Waals surface area contributed by atoms with Crippen LogP contribution in [0.1, 0.15) is 49.9 Å². The van der Waals surface area contributed by atoms with Crippen LogP contribution in [0, 0.1) is 0 Å². The van der Waals surface area contributed by atoms with E-state index in [-0.39, 0.29) is 5.91 Å². The van der Waals surface area contributed by atoms with Crippen molar-refractivity contribution in [2.45, 2.75) is 39.5 Å². The summed E-state index contributed by atoms with van der Waals surface area (Å²) in [5.74, 6) is -0.316. The van der Waals surface area contributed by atoms with Crippen molar-refractivity contribution in [1.29, 1.82) is 0 Å². The molecule has 1 aromatic rings. The van der Waals surface area contributed by atoms with Crippen molar-refractivity contribution >= 4 is 34.8 Å². The minimum Gasteiger partial charge on any atom is -0.267 e.